The van der Waals surface area contributed by atoms with Crippen molar-refractivity contribution in [3.8, 4) is 0 Å². The van der Waals surface area contributed by atoms with Gasteiger partial charge in [-0.15, -0.1) is 0 Å². The minimum atomic E-state index is -0.937. The molecule has 2 unspecified atom stereocenters. The molecular formula is C13H12N4O4. The summed E-state index contributed by atoms with van der Waals surface area (Å²) in [6, 6.07) is 1.41. The molecule has 2 aliphatic rings. The van der Waals surface area contributed by atoms with Gasteiger partial charge in [0, 0.05) is 12.4 Å². The van der Waals surface area contributed by atoms with Crippen LogP contribution in [0.25, 0.3) is 0 Å². The second-order valence-electron chi connectivity index (χ2n) is 5.08. The number of hydrogen-bond donors (Lipinski definition) is 0. The molecule has 1 fully saturated rings. The van der Waals surface area contributed by atoms with Crippen LogP contribution in [-0.4, -0.2) is 34.0 Å². The summed E-state index contributed by atoms with van der Waals surface area (Å²) in [5.74, 6) is 0. The number of fused-ring (bicyclic) bond motifs is 1. The van der Waals surface area contributed by atoms with Gasteiger partial charge in [0.05, 0.1) is 4.92 Å². The molecule has 21 heavy (non-hydrogen) atoms. The van der Waals surface area contributed by atoms with Crippen LogP contribution < -0.4 is 4.90 Å². The minimum Gasteiger partial charge on any atom is -0.434 e. The number of carbonyl (C=O) groups excluding carboxylic acids is 1. The molecule has 2 aliphatic heterocycles. The Morgan fingerprint density at radius 1 is 1.52 bits per heavy atom. The minimum absolute atomic E-state index is 0.124. The first-order chi connectivity index (χ1) is 9.92. The third kappa shape index (κ3) is 1.95. The van der Waals surface area contributed by atoms with E-state index in [2.05, 4.69) is 9.98 Å². The van der Waals surface area contributed by atoms with Crippen LogP contribution in [0.5, 0.6) is 0 Å². The molecule has 1 saturated heterocycles. The molecule has 108 valence electrons. The van der Waals surface area contributed by atoms with E-state index in [1.165, 1.54) is 17.2 Å². The molecule has 0 spiro atoms. The predicted molar refractivity (Wildman–Crippen MR) is 74.3 cm³/mol. The van der Waals surface area contributed by atoms with Gasteiger partial charge in [-0.2, -0.15) is 0 Å². The number of carbonyl (C=O) groups is 1. The van der Waals surface area contributed by atoms with Crippen molar-refractivity contribution in [2.75, 3.05) is 4.90 Å². The standard InChI is InChI=1S/C13H12N4O4/c1-8-5-13(2)11(15-6-8)16(12(18)21-13)9-3-4-14-7-10(9)17(19)20/h3-7,11H,1-2H3. The molecule has 3 heterocycles. The number of rotatable bonds is 2. The molecule has 3 rings (SSSR count). The second-order valence-corrected chi connectivity index (χ2v) is 5.08. The zero-order valence-electron chi connectivity index (χ0n) is 11.4. The number of amides is 1. The summed E-state index contributed by atoms with van der Waals surface area (Å²) in [6.45, 7) is 3.57. The van der Waals surface area contributed by atoms with Crippen molar-refractivity contribution in [1.29, 1.82) is 0 Å². The first-order valence-corrected chi connectivity index (χ1v) is 6.25. The molecule has 1 aromatic heterocycles. The van der Waals surface area contributed by atoms with E-state index in [0.29, 0.717) is 0 Å². The average molecular weight is 288 g/mol. The fourth-order valence-corrected chi connectivity index (χ4v) is 2.60. The lowest BCUT2D eigenvalue weighted by Gasteiger charge is -2.28. The average Bonchev–Trinajstić information content (AvgIpc) is 2.67. The SMILES string of the molecule is CC1=CC2(C)OC(=O)N(c3ccncc3[N+](=O)[O-])C2N=C1. The Hall–Kier alpha value is -2.77. The third-order valence-corrected chi connectivity index (χ3v) is 3.43. The van der Waals surface area contributed by atoms with Gasteiger partial charge in [-0.3, -0.25) is 20.1 Å². The van der Waals surface area contributed by atoms with Gasteiger partial charge in [0.15, 0.2) is 11.8 Å². The van der Waals surface area contributed by atoms with E-state index in [-0.39, 0.29) is 11.4 Å². The molecule has 1 amide bonds. The topological polar surface area (TPSA) is 97.9 Å². The molecule has 0 aromatic carbocycles. The Bertz CT molecular complexity index is 699. The van der Waals surface area contributed by atoms with E-state index >= 15 is 0 Å². The van der Waals surface area contributed by atoms with Crippen LogP contribution in [-0.2, 0) is 4.74 Å². The number of nitrogens with zero attached hydrogens (tertiary/aromatic N) is 4. The quantitative estimate of drug-likeness (QED) is 0.612. The maximum atomic E-state index is 12.2. The van der Waals surface area contributed by atoms with Crippen LogP contribution in [0.15, 0.2) is 35.1 Å². The van der Waals surface area contributed by atoms with Crippen molar-refractivity contribution in [3.05, 3.63) is 40.2 Å². The highest BCUT2D eigenvalue weighted by atomic mass is 16.6. The lowest BCUT2D eigenvalue weighted by molar-refractivity contribution is -0.384. The highest BCUT2D eigenvalue weighted by Crippen LogP contribution is 2.40. The first kappa shape index (κ1) is 13.2. The summed E-state index contributed by atoms with van der Waals surface area (Å²) >= 11 is 0. The zero-order chi connectivity index (χ0) is 15.2. The lowest BCUT2D eigenvalue weighted by atomic mass is 9.97. The Morgan fingerprint density at radius 2 is 2.29 bits per heavy atom. The number of aliphatic imine (C=N–C) groups is 1. The summed E-state index contributed by atoms with van der Waals surface area (Å²) in [6.07, 6.45) is 4.56. The van der Waals surface area contributed by atoms with Crippen LogP contribution in [0.4, 0.5) is 16.2 Å². The van der Waals surface area contributed by atoms with Crippen molar-refractivity contribution in [1.82, 2.24) is 4.98 Å². The fourth-order valence-electron chi connectivity index (χ4n) is 2.60. The summed E-state index contributed by atoms with van der Waals surface area (Å²) in [5.41, 5.74) is -0.209. The van der Waals surface area contributed by atoms with Crippen molar-refractivity contribution in [2.45, 2.75) is 25.6 Å². The maximum absolute atomic E-state index is 12.2. The van der Waals surface area contributed by atoms with Gasteiger partial charge in [-0.1, -0.05) is 0 Å². The summed E-state index contributed by atoms with van der Waals surface area (Å²) in [4.78, 5) is 31.9. The summed E-state index contributed by atoms with van der Waals surface area (Å²) in [7, 11) is 0. The maximum Gasteiger partial charge on any atom is 0.417 e. The number of nitro groups is 1. The lowest BCUT2D eigenvalue weighted by Crippen LogP contribution is -2.43. The van der Waals surface area contributed by atoms with E-state index in [9.17, 15) is 14.9 Å². The number of aromatic nitrogens is 1. The molecule has 2 atom stereocenters. The third-order valence-electron chi connectivity index (χ3n) is 3.43. The van der Waals surface area contributed by atoms with Crippen molar-refractivity contribution in [3.63, 3.8) is 0 Å². The number of hydrogen-bond acceptors (Lipinski definition) is 6. The second kappa shape index (κ2) is 4.37. The normalized spacial score (nSPS) is 27.1. The van der Waals surface area contributed by atoms with Gasteiger partial charge in [0.2, 0.25) is 0 Å². The number of dihydropyridines is 1. The van der Waals surface area contributed by atoms with Gasteiger partial charge in [0.1, 0.15) is 11.9 Å². The van der Waals surface area contributed by atoms with E-state index < -0.39 is 22.8 Å². The number of ether oxygens (including phenoxy) is 1. The molecule has 0 saturated carbocycles. The van der Waals surface area contributed by atoms with Gasteiger partial charge in [0.25, 0.3) is 0 Å². The van der Waals surface area contributed by atoms with Crippen molar-refractivity contribution >= 4 is 23.7 Å². The Labute approximate surface area is 119 Å². The van der Waals surface area contributed by atoms with Crippen molar-refractivity contribution < 1.29 is 14.5 Å². The van der Waals surface area contributed by atoms with E-state index in [4.69, 9.17) is 4.74 Å². The van der Waals surface area contributed by atoms with Crippen LogP contribution in [0.3, 0.4) is 0 Å². The van der Waals surface area contributed by atoms with Crippen molar-refractivity contribution in [2.24, 2.45) is 4.99 Å². The Balaban J connectivity index is 2.11. The number of pyridine rings is 1. The smallest absolute Gasteiger partial charge is 0.417 e. The highest BCUT2D eigenvalue weighted by Gasteiger charge is 2.52. The van der Waals surface area contributed by atoms with E-state index in [1.807, 2.05) is 6.92 Å². The molecule has 8 heteroatoms. The highest BCUT2D eigenvalue weighted by molar-refractivity contribution is 5.95. The predicted octanol–water partition coefficient (Wildman–Crippen LogP) is 2.06. The zero-order valence-corrected chi connectivity index (χ0v) is 11.4. The summed E-state index contributed by atoms with van der Waals surface area (Å²) < 4.78 is 5.38. The van der Waals surface area contributed by atoms with Gasteiger partial charge in [-0.25, -0.2) is 9.69 Å². The van der Waals surface area contributed by atoms with Crippen LogP contribution in [0.2, 0.25) is 0 Å². The molecule has 0 N–H and O–H groups in total. The van der Waals surface area contributed by atoms with E-state index in [0.717, 1.165) is 11.8 Å². The molecular weight excluding hydrogens is 276 g/mol. The van der Waals surface area contributed by atoms with E-state index in [1.54, 1.807) is 19.2 Å². The Morgan fingerprint density at radius 3 is 3.00 bits per heavy atom. The fraction of sp³-hybridized carbons (Fsp3) is 0.308. The monoisotopic (exact) mass is 288 g/mol. The van der Waals surface area contributed by atoms with Gasteiger partial charge >= 0.3 is 11.8 Å². The van der Waals surface area contributed by atoms with Crippen LogP contribution in [0.1, 0.15) is 13.8 Å². The van der Waals surface area contributed by atoms with Crippen LogP contribution in [0, 0.1) is 10.1 Å². The molecule has 1 aromatic rings. The molecule has 8 nitrogen and oxygen atoms in total. The number of anilines is 1. The van der Waals surface area contributed by atoms with Gasteiger partial charge in [-0.05, 0) is 31.6 Å². The first-order valence-electron chi connectivity index (χ1n) is 6.25. The largest absolute Gasteiger partial charge is 0.434 e. The molecule has 0 bridgehead atoms. The Kier molecular flexibility index (Phi) is 2.75. The van der Waals surface area contributed by atoms with Gasteiger partial charge < -0.3 is 4.74 Å². The molecule has 0 aliphatic carbocycles. The van der Waals surface area contributed by atoms with Crippen LogP contribution >= 0.6 is 0 Å². The summed E-state index contributed by atoms with van der Waals surface area (Å²) in [5, 5.41) is 11.1. The molecule has 0 radical (unpaired) electrons. The number of allylic oxidation sites excluding steroid dienone is 1.